The van der Waals surface area contributed by atoms with Gasteiger partial charge in [-0.1, -0.05) is 12.1 Å². The van der Waals surface area contributed by atoms with Crippen molar-refractivity contribution < 1.29 is 9.90 Å². The van der Waals surface area contributed by atoms with Crippen molar-refractivity contribution >= 4 is 17.0 Å². The van der Waals surface area contributed by atoms with Crippen LogP contribution in [0.2, 0.25) is 0 Å². The molecule has 1 aromatic carbocycles. The van der Waals surface area contributed by atoms with Gasteiger partial charge in [0.05, 0.1) is 22.9 Å². The van der Waals surface area contributed by atoms with Crippen LogP contribution in [0.5, 0.6) is 0 Å². The van der Waals surface area contributed by atoms with Gasteiger partial charge in [-0.2, -0.15) is 0 Å². The second-order valence-electron chi connectivity index (χ2n) is 4.49. The number of aromatic carboxylic acids is 1. The molecular weight excluding hydrogens is 254 g/mol. The Hall–Kier alpha value is -2.69. The number of rotatable bonds is 4. The summed E-state index contributed by atoms with van der Waals surface area (Å²) >= 11 is 0. The molecule has 2 heterocycles. The lowest BCUT2D eigenvalue weighted by Gasteiger charge is -2.06. The Morgan fingerprint density at radius 3 is 2.80 bits per heavy atom. The number of fused-ring (bicyclic) bond motifs is 1. The third-order valence-electron chi connectivity index (χ3n) is 3.20. The van der Waals surface area contributed by atoms with Gasteiger partial charge >= 0.3 is 5.97 Å². The molecule has 0 saturated heterocycles. The molecule has 0 saturated carbocycles. The fraction of sp³-hybridized carbons (Fsp3) is 0.133. The summed E-state index contributed by atoms with van der Waals surface area (Å²) in [5.41, 5.74) is 2.62. The smallest absolute Gasteiger partial charge is 0.337 e. The molecule has 0 bridgehead atoms. The number of carboxylic acid groups (broad SMARTS) is 1. The van der Waals surface area contributed by atoms with Crippen LogP contribution in [-0.4, -0.2) is 25.6 Å². The van der Waals surface area contributed by atoms with Gasteiger partial charge in [-0.15, -0.1) is 0 Å². The molecule has 1 N–H and O–H groups in total. The van der Waals surface area contributed by atoms with Crippen LogP contribution in [0.15, 0.2) is 48.9 Å². The first-order chi connectivity index (χ1) is 9.75. The lowest BCUT2D eigenvalue weighted by Crippen LogP contribution is -2.05. The number of para-hydroxylation sites is 1. The Morgan fingerprint density at radius 1 is 1.15 bits per heavy atom. The summed E-state index contributed by atoms with van der Waals surface area (Å²) in [4.78, 5) is 19.8. The number of aryl methyl sites for hydroxylation is 2. The average Bonchev–Trinajstić information content (AvgIpc) is 2.89. The molecule has 0 amide bonds. The van der Waals surface area contributed by atoms with Gasteiger partial charge in [0.1, 0.15) is 0 Å². The third-order valence-corrected chi connectivity index (χ3v) is 3.20. The van der Waals surface area contributed by atoms with Crippen molar-refractivity contribution in [3.63, 3.8) is 0 Å². The second kappa shape index (κ2) is 5.13. The van der Waals surface area contributed by atoms with Gasteiger partial charge in [-0.3, -0.25) is 4.98 Å². The number of pyridine rings is 1. The van der Waals surface area contributed by atoms with Crippen LogP contribution in [-0.2, 0) is 13.0 Å². The first-order valence-corrected chi connectivity index (χ1v) is 6.33. The molecule has 0 aliphatic rings. The van der Waals surface area contributed by atoms with Crippen molar-refractivity contribution in [2.24, 2.45) is 0 Å². The molecule has 0 aliphatic heterocycles. The normalized spacial score (nSPS) is 10.8. The number of nitrogens with zero attached hydrogens (tertiary/aromatic N) is 3. The monoisotopic (exact) mass is 267 g/mol. The zero-order chi connectivity index (χ0) is 13.9. The number of imidazole rings is 1. The summed E-state index contributed by atoms with van der Waals surface area (Å²) < 4.78 is 1.87. The zero-order valence-electron chi connectivity index (χ0n) is 10.7. The second-order valence-corrected chi connectivity index (χ2v) is 4.49. The van der Waals surface area contributed by atoms with E-state index in [2.05, 4.69) is 9.97 Å². The summed E-state index contributed by atoms with van der Waals surface area (Å²) in [5.74, 6) is -0.935. The van der Waals surface area contributed by atoms with E-state index in [1.807, 2.05) is 28.8 Å². The Bertz CT molecular complexity index is 750. The van der Waals surface area contributed by atoms with Crippen LogP contribution >= 0.6 is 0 Å². The van der Waals surface area contributed by atoms with Crippen LogP contribution in [0.25, 0.3) is 11.0 Å². The first-order valence-electron chi connectivity index (χ1n) is 6.33. The molecule has 3 rings (SSSR count). The molecule has 2 aromatic heterocycles. The summed E-state index contributed by atoms with van der Waals surface area (Å²) in [6.07, 6.45) is 4.17. The molecule has 3 aromatic rings. The topological polar surface area (TPSA) is 68.0 Å². The SMILES string of the molecule is O=C(O)c1cccc2ncn(CCc3ccccn3)c12. The highest BCUT2D eigenvalue weighted by Gasteiger charge is 2.13. The van der Waals surface area contributed by atoms with Crippen LogP contribution in [0, 0.1) is 0 Å². The number of aromatic nitrogens is 3. The Balaban J connectivity index is 1.94. The van der Waals surface area contributed by atoms with E-state index in [9.17, 15) is 9.90 Å². The van der Waals surface area contributed by atoms with Crippen molar-refractivity contribution in [1.29, 1.82) is 0 Å². The van der Waals surface area contributed by atoms with Crippen LogP contribution in [0.1, 0.15) is 16.1 Å². The van der Waals surface area contributed by atoms with Gasteiger partial charge in [-0.05, 0) is 24.3 Å². The van der Waals surface area contributed by atoms with E-state index in [-0.39, 0.29) is 5.56 Å². The van der Waals surface area contributed by atoms with Crippen molar-refractivity contribution in [2.75, 3.05) is 0 Å². The molecule has 5 heteroatoms. The van der Waals surface area contributed by atoms with Gasteiger partial charge in [0.15, 0.2) is 0 Å². The molecular formula is C15H13N3O2. The standard InChI is InChI=1S/C15H13N3O2/c19-15(20)12-5-3-6-13-14(12)18(10-17-13)9-7-11-4-1-2-8-16-11/h1-6,8,10H,7,9H2,(H,19,20). The van der Waals surface area contributed by atoms with E-state index in [4.69, 9.17) is 0 Å². The Kier molecular flexibility index (Phi) is 3.16. The van der Waals surface area contributed by atoms with E-state index in [0.717, 1.165) is 12.1 Å². The highest BCUT2D eigenvalue weighted by molar-refractivity contribution is 6.01. The molecule has 0 fully saturated rings. The summed E-state index contributed by atoms with van der Waals surface area (Å²) in [5, 5.41) is 9.26. The molecule has 5 nitrogen and oxygen atoms in total. The molecule has 20 heavy (non-hydrogen) atoms. The van der Waals surface area contributed by atoms with E-state index >= 15 is 0 Å². The minimum atomic E-state index is -0.935. The number of carbonyl (C=O) groups is 1. The number of carboxylic acids is 1. The molecule has 0 spiro atoms. The van der Waals surface area contributed by atoms with Crippen LogP contribution in [0.3, 0.4) is 0 Å². The first kappa shape index (κ1) is 12.3. The van der Waals surface area contributed by atoms with Gasteiger partial charge in [0.25, 0.3) is 0 Å². The van der Waals surface area contributed by atoms with Crippen LogP contribution < -0.4 is 0 Å². The van der Waals surface area contributed by atoms with Gasteiger partial charge in [0, 0.05) is 24.9 Å². The number of hydrogen-bond donors (Lipinski definition) is 1. The lowest BCUT2D eigenvalue weighted by atomic mass is 10.2. The van der Waals surface area contributed by atoms with E-state index < -0.39 is 5.97 Å². The van der Waals surface area contributed by atoms with Gasteiger partial charge < -0.3 is 9.67 Å². The van der Waals surface area contributed by atoms with E-state index in [1.54, 1.807) is 24.7 Å². The quantitative estimate of drug-likeness (QED) is 0.788. The van der Waals surface area contributed by atoms with Gasteiger partial charge in [0.2, 0.25) is 0 Å². The number of hydrogen-bond acceptors (Lipinski definition) is 3. The minimum absolute atomic E-state index is 0.279. The lowest BCUT2D eigenvalue weighted by molar-refractivity contribution is 0.0698. The van der Waals surface area contributed by atoms with Crippen LogP contribution in [0.4, 0.5) is 0 Å². The van der Waals surface area contributed by atoms with Gasteiger partial charge in [-0.25, -0.2) is 9.78 Å². The zero-order valence-corrected chi connectivity index (χ0v) is 10.7. The van der Waals surface area contributed by atoms with Crippen molar-refractivity contribution in [3.05, 3.63) is 60.2 Å². The number of benzene rings is 1. The fourth-order valence-corrected chi connectivity index (χ4v) is 2.25. The molecule has 0 radical (unpaired) electrons. The summed E-state index contributed by atoms with van der Waals surface area (Å²) in [6.45, 7) is 0.651. The Morgan fingerprint density at radius 2 is 2.05 bits per heavy atom. The highest BCUT2D eigenvalue weighted by Crippen LogP contribution is 2.18. The van der Waals surface area contributed by atoms with Crippen molar-refractivity contribution in [3.8, 4) is 0 Å². The third kappa shape index (κ3) is 2.25. The molecule has 100 valence electrons. The largest absolute Gasteiger partial charge is 0.478 e. The highest BCUT2D eigenvalue weighted by atomic mass is 16.4. The van der Waals surface area contributed by atoms with E-state index in [1.165, 1.54) is 0 Å². The predicted molar refractivity (Wildman–Crippen MR) is 74.6 cm³/mol. The maximum atomic E-state index is 11.3. The van der Waals surface area contributed by atoms with Crippen molar-refractivity contribution in [1.82, 2.24) is 14.5 Å². The van der Waals surface area contributed by atoms with E-state index in [0.29, 0.717) is 17.6 Å². The minimum Gasteiger partial charge on any atom is -0.478 e. The maximum Gasteiger partial charge on any atom is 0.337 e. The maximum absolute atomic E-state index is 11.3. The Labute approximate surface area is 115 Å². The molecule has 0 atom stereocenters. The summed E-state index contributed by atoms with van der Waals surface area (Å²) in [7, 11) is 0. The molecule has 0 aliphatic carbocycles. The van der Waals surface area contributed by atoms with Crippen molar-refractivity contribution in [2.45, 2.75) is 13.0 Å². The summed E-state index contributed by atoms with van der Waals surface area (Å²) in [6, 6.07) is 10.9. The molecule has 0 unspecified atom stereocenters. The average molecular weight is 267 g/mol. The fourth-order valence-electron chi connectivity index (χ4n) is 2.25. The predicted octanol–water partition coefficient (Wildman–Crippen LogP) is 2.37.